The number of halogens is 3. The van der Waals surface area contributed by atoms with Crippen LogP contribution in [0, 0.1) is 12.7 Å². The Hall–Kier alpha value is -1.11. The average molecular weight is 288 g/mol. The first kappa shape index (κ1) is 15.3. The molecule has 1 fully saturated rings. The lowest BCUT2D eigenvalue weighted by atomic mass is 9.94. The molecule has 112 valence electrons. The topological polar surface area (TPSA) is 35.5 Å². The van der Waals surface area contributed by atoms with E-state index in [1.54, 1.807) is 11.8 Å². The van der Waals surface area contributed by atoms with E-state index < -0.39 is 24.4 Å². The fourth-order valence-corrected chi connectivity index (χ4v) is 2.66. The summed E-state index contributed by atoms with van der Waals surface area (Å²) in [6.07, 6.45) is 0. The van der Waals surface area contributed by atoms with Gasteiger partial charge in [0.25, 0.3) is 5.92 Å². The first-order chi connectivity index (χ1) is 9.45. The minimum Gasteiger partial charge on any atom is -0.390 e. The van der Waals surface area contributed by atoms with Gasteiger partial charge in [0.15, 0.2) is 0 Å². The minimum absolute atomic E-state index is 0.368. The van der Waals surface area contributed by atoms with Gasteiger partial charge in [-0.1, -0.05) is 6.07 Å². The molecule has 0 aliphatic carbocycles. The summed E-state index contributed by atoms with van der Waals surface area (Å²) in [6.45, 7) is 2.57. The third kappa shape index (κ3) is 3.13. The Balaban J connectivity index is 2.39. The molecule has 20 heavy (non-hydrogen) atoms. The van der Waals surface area contributed by atoms with E-state index in [4.69, 9.17) is 5.11 Å². The number of aliphatic hydroxyl groups excluding tert-OH is 1. The van der Waals surface area contributed by atoms with Crippen LogP contribution in [0.1, 0.15) is 17.2 Å². The van der Waals surface area contributed by atoms with E-state index in [9.17, 15) is 13.2 Å². The van der Waals surface area contributed by atoms with Crippen molar-refractivity contribution in [2.75, 3.05) is 32.8 Å². The van der Waals surface area contributed by atoms with E-state index in [-0.39, 0.29) is 0 Å². The van der Waals surface area contributed by atoms with Crippen molar-refractivity contribution in [3.63, 3.8) is 0 Å². The normalized spacial score (nSPS) is 19.1. The Morgan fingerprint density at radius 3 is 2.55 bits per heavy atom. The molecule has 1 aliphatic rings. The molecular weight excluding hydrogens is 269 g/mol. The number of piperazine rings is 1. The van der Waals surface area contributed by atoms with Crippen molar-refractivity contribution < 1.29 is 18.3 Å². The lowest BCUT2D eigenvalue weighted by Gasteiger charge is -2.39. The van der Waals surface area contributed by atoms with E-state index in [1.807, 2.05) is 0 Å². The van der Waals surface area contributed by atoms with E-state index in [0.717, 1.165) is 0 Å². The van der Waals surface area contributed by atoms with Gasteiger partial charge in [0, 0.05) is 26.2 Å². The van der Waals surface area contributed by atoms with Gasteiger partial charge in [-0.2, -0.15) is 0 Å². The largest absolute Gasteiger partial charge is 0.390 e. The molecule has 0 radical (unpaired) electrons. The highest BCUT2D eigenvalue weighted by molar-refractivity contribution is 5.31. The number of aryl methyl sites for hydroxylation is 1. The van der Waals surface area contributed by atoms with Gasteiger partial charge in [-0.25, -0.2) is 13.2 Å². The summed E-state index contributed by atoms with van der Waals surface area (Å²) in [6, 6.07) is 2.60. The zero-order valence-corrected chi connectivity index (χ0v) is 11.4. The van der Waals surface area contributed by atoms with Crippen LogP contribution in [0.5, 0.6) is 0 Å². The maximum absolute atomic E-state index is 14.2. The Kier molecular flexibility index (Phi) is 4.67. The summed E-state index contributed by atoms with van der Waals surface area (Å²) in [4.78, 5) is 1.65. The molecule has 0 saturated carbocycles. The zero-order chi connectivity index (χ0) is 14.8. The van der Waals surface area contributed by atoms with Gasteiger partial charge < -0.3 is 10.4 Å². The van der Waals surface area contributed by atoms with Crippen molar-refractivity contribution in [2.45, 2.75) is 18.9 Å². The van der Waals surface area contributed by atoms with E-state index in [0.29, 0.717) is 37.3 Å². The fraction of sp³-hybridized carbons (Fsp3) is 0.571. The van der Waals surface area contributed by atoms with Crippen molar-refractivity contribution in [1.82, 2.24) is 10.2 Å². The second-order valence-electron chi connectivity index (χ2n) is 5.11. The number of hydrogen-bond donors (Lipinski definition) is 2. The van der Waals surface area contributed by atoms with E-state index in [2.05, 4.69) is 5.32 Å². The number of benzene rings is 1. The Morgan fingerprint density at radius 1 is 1.35 bits per heavy atom. The SMILES string of the molecule is Cc1cc(F)ccc1[C@H](N1CCNCC1)C(F)(F)CO. The molecule has 2 N–H and O–H groups in total. The van der Waals surface area contributed by atoms with Crippen molar-refractivity contribution in [1.29, 1.82) is 0 Å². The number of hydrogen-bond acceptors (Lipinski definition) is 3. The van der Waals surface area contributed by atoms with Gasteiger partial charge in [-0.3, -0.25) is 4.90 Å². The van der Waals surface area contributed by atoms with E-state index in [1.165, 1.54) is 18.2 Å². The number of nitrogens with one attached hydrogen (secondary N) is 1. The van der Waals surface area contributed by atoms with Gasteiger partial charge in [-0.15, -0.1) is 0 Å². The van der Waals surface area contributed by atoms with Crippen LogP contribution < -0.4 is 5.32 Å². The summed E-state index contributed by atoms with van der Waals surface area (Å²) < 4.78 is 41.5. The number of alkyl halides is 2. The lowest BCUT2D eigenvalue weighted by Crippen LogP contribution is -2.51. The molecule has 1 aliphatic heterocycles. The summed E-state index contributed by atoms with van der Waals surface area (Å²) in [5.74, 6) is -3.71. The van der Waals surface area contributed by atoms with Crippen LogP contribution in [-0.4, -0.2) is 48.7 Å². The molecule has 1 atom stereocenters. The number of nitrogens with zero attached hydrogens (tertiary/aromatic N) is 1. The molecular formula is C14H19F3N2O. The molecule has 0 aromatic heterocycles. The zero-order valence-electron chi connectivity index (χ0n) is 11.4. The predicted molar refractivity (Wildman–Crippen MR) is 70.4 cm³/mol. The summed E-state index contributed by atoms with van der Waals surface area (Å²) in [5, 5.41) is 12.1. The monoisotopic (exact) mass is 288 g/mol. The standard InChI is InChI=1S/C14H19F3N2O/c1-10-8-11(15)2-3-12(10)13(14(16,17)9-20)19-6-4-18-5-7-19/h2-3,8,13,18,20H,4-7,9H2,1H3/t13-/m0/s1. The third-order valence-corrected chi connectivity index (χ3v) is 3.65. The molecule has 1 saturated heterocycles. The van der Waals surface area contributed by atoms with Crippen molar-refractivity contribution >= 4 is 0 Å². The van der Waals surface area contributed by atoms with Gasteiger partial charge in [-0.05, 0) is 30.2 Å². The third-order valence-electron chi connectivity index (χ3n) is 3.65. The Bertz CT molecular complexity index is 462. The first-order valence-electron chi connectivity index (χ1n) is 6.65. The number of aliphatic hydroxyl groups is 1. The Labute approximate surface area is 116 Å². The molecule has 1 aromatic rings. The molecule has 6 heteroatoms. The highest BCUT2D eigenvalue weighted by Gasteiger charge is 2.44. The van der Waals surface area contributed by atoms with Crippen LogP contribution in [-0.2, 0) is 0 Å². The van der Waals surface area contributed by atoms with Crippen LogP contribution in [0.15, 0.2) is 18.2 Å². The second kappa shape index (κ2) is 6.11. The van der Waals surface area contributed by atoms with Crippen molar-refractivity contribution in [3.8, 4) is 0 Å². The quantitative estimate of drug-likeness (QED) is 0.885. The number of rotatable bonds is 4. The molecule has 0 spiro atoms. The van der Waals surface area contributed by atoms with Crippen LogP contribution >= 0.6 is 0 Å². The average Bonchev–Trinajstić information content (AvgIpc) is 2.43. The molecule has 0 bridgehead atoms. The highest BCUT2D eigenvalue weighted by atomic mass is 19.3. The maximum Gasteiger partial charge on any atom is 0.289 e. The second-order valence-corrected chi connectivity index (χ2v) is 5.11. The van der Waals surface area contributed by atoms with Gasteiger partial charge >= 0.3 is 0 Å². The minimum atomic E-state index is -3.26. The molecule has 2 rings (SSSR count). The van der Waals surface area contributed by atoms with Gasteiger partial charge in [0.1, 0.15) is 18.5 Å². The summed E-state index contributed by atoms with van der Waals surface area (Å²) in [5.41, 5.74) is 0.842. The smallest absolute Gasteiger partial charge is 0.289 e. The molecule has 0 amide bonds. The van der Waals surface area contributed by atoms with Crippen LogP contribution in [0.25, 0.3) is 0 Å². The van der Waals surface area contributed by atoms with Crippen molar-refractivity contribution in [3.05, 3.63) is 35.1 Å². The van der Waals surface area contributed by atoms with Crippen molar-refractivity contribution in [2.24, 2.45) is 0 Å². The lowest BCUT2D eigenvalue weighted by molar-refractivity contribution is -0.118. The maximum atomic E-state index is 14.2. The summed E-state index contributed by atoms with van der Waals surface area (Å²) in [7, 11) is 0. The highest BCUT2D eigenvalue weighted by Crippen LogP contribution is 2.38. The molecule has 0 unspecified atom stereocenters. The molecule has 3 nitrogen and oxygen atoms in total. The predicted octanol–water partition coefficient (Wildman–Crippen LogP) is 1.71. The summed E-state index contributed by atoms with van der Waals surface area (Å²) >= 11 is 0. The van der Waals surface area contributed by atoms with Gasteiger partial charge in [0.05, 0.1) is 0 Å². The van der Waals surface area contributed by atoms with Crippen LogP contribution in [0.2, 0.25) is 0 Å². The Morgan fingerprint density at radius 2 is 2.00 bits per heavy atom. The van der Waals surface area contributed by atoms with Gasteiger partial charge in [0.2, 0.25) is 0 Å². The van der Waals surface area contributed by atoms with E-state index >= 15 is 0 Å². The molecule has 1 aromatic carbocycles. The fourth-order valence-electron chi connectivity index (χ4n) is 2.66. The van der Waals surface area contributed by atoms with Crippen LogP contribution in [0.3, 0.4) is 0 Å². The van der Waals surface area contributed by atoms with Crippen LogP contribution in [0.4, 0.5) is 13.2 Å². The molecule has 1 heterocycles. The first-order valence-corrected chi connectivity index (χ1v) is 6.65.